The Hall–Kier alpha value is -0.500. The van der Waals surface area contributed by atoms with Crippen molar-refractivity contribution in [3.8, 4) is 0 Å². The third-order valence-corrected chi connectivity index (χ3v) is 0.726. The van der Waals surface area contributed by atoms with Gasteiger partial charge in [0, 0.05) is 26.5 Å². The molecular formula is C5H9ClN2. The molecule has 0 radical (unpaired) electrons. The maximum atomic E-state index is 6.65. The zero-order chi connectivity index (χ0) is 6.57. The molecule has 0 rings (SSSR count). The first-order chi connectivity index (χ1) is 3.66. The number of hydrogen-bond acceptors (Lipinski definition) is 2. The summed E-state index contributed by atoms with van der Waals surface area (Å²) in [5.41, 5.74) is 0. The van der Waals surface area contributed by atoms with E-state index in [-0.39, 0.29) is 0 Å². The van der Waals surface area contributed by atoms with Gasteiger partial charge in [-0.1, -0.05) is 11.6 Å². The lowest BCUT2D eigenvalue weighted by Crippen LogP contribution is -2.01. The Labute approximate surface area is 54.3 Å². The molecule has 0 aromatic carbocycles. The van der Waals surface area contributed by atoms with Crippen LogP contribution in [0, 0.1) is 5.41 Å². The van der Waals surface area contributed by atoms with Crippen LogP contribution in [0.15, 0.2) is 11.2 Å². The summed E-state index contributed by atoms with van der Waals surface area (Å²) in [7, 11) is 3.71. The number of halogens is 1. The van der Waals surface area contributed by atoms with Crippen LogP contribution in [0.25, 0.3) is 0 Å². The molecule has 0 heterocycles. The molecule has 0 fully saturated rings. The summed E-state index contributed by atoms with van der Waals surface area (Å²) < 4.78 is 0. The summed E-state index contributed by atoms with van der Waals surface area (Å²) in [5, 5.41) is 7.09. The molecule has 0 unspecified atom stereocenters. The van der Waals surface area contributed by atoms with Crippen molar-refractivity contribution in [1.82, 2.24) is 4.90 Å². The van der Waals surface area contributed by atoms with Gasteiger partial charge in [-0.2, -0.15) is 0 Å². The topological polar surface area (TPSA) is 27.1 Å². The molecule has 0 saturated heterocycles. The second kappa shape index (κ2) is 3.50. The van der Waals surface area contributed by atoms with E-state index in [1.165, 1.54) is 0 Å². The highest BCUT2D eigenvalue weighted by Gasteiger charge is 1.82. The lowest BCUT2D eigenvalue weighted by Gasteiger charge is -2.02. The van der Waals surface area contributed by atoms with E-state index in [0.717, 1.165) is 6.21 Å². The number of allylic oxidation sites excluding steroid dienone is 1. The predicted molar refractivity (Wildman–Crippen MR) is 36.4 cm³/mol. The molecule has 0 aromatic rings. The Kier molecular flexibility index (Phi) is 3.28. The minimum Gasteiger partial charge on any atom is -0.382 e. The van der Waals surface area contributed by atoms with Gasteiger partial charge in [0.1, 0.15) is 0 Å². The van der Waals surface area contributed by atoms with E-state index in [1.807, 2.05) is 14.1 Å². The Bertz CT molecular complexity index is 107. The third kappa shape index (κ3) is 3.68. The molecule has 0 spiro atoms. The molecule has 0 atom stereocenters. The molecule has 0 saturated carbocycles. The van der Waals surface area contributed by atoms with Crippen LogP contribution in [-0.2, 0) is 0 Å². The van der Waals surface area contributed by atoms with E-state index in [0.29, 0.717) is 5.03 Å². The van der Waals surface area contributed by atoms with E-state index >= 15 is 0 Å². The van der Waals surface area contributed by atoms with Crippen LogP contribution < -0.4 is 0 Å². The first-order valence-electron chi connectivity index (χ1n) is 2.21. The van der Waals surface area contributed by atoms with E-state index in [9.17, 15) is 0 Å². The monoisotopic (exact) mass is 132 g/mol. The highest BCUT2D eigenvalue weighted by molar-refractivity contribution is 6.38. The fourth-order valence-electron chi connectivity index (χ4n) is 0.284. The van der Waals surface area contributed by atoms with Crippen LogP contribution in [0.5, 0.6) is 0 Å². The Morgan fingerprint density at radius 1 is 1.62 bits per heavy atom. The number of rotatable bonds is 2. The SMILES string of the molecule is CN(C)/C=C(/Cl)C=N. The van der Waals surface area contributed by atoms with Crippen molar-refractivity contribution < 1.29 is 0 Å². The van der Waals surface area contributed by atoms with E-state index in [2.05, 4.69) is 0 Å². The first kappa shape index (κ1) is 7.50. The molecule has 0 aromatic heterocycles. The number of hydrogen-bond donors (Lipinski definition) is 1. The number of nitrogens with zero attached hydrogens (tertiary/aromatic N) is 1. The summed E-state index contributed by atoms with van der Waals surface area (Å²) in [6, 6.07) is 0. The van der Waals surface area contributed by atoms with Crippen molar-refractivity contribution in [1.29, 1.82) is 5.41 Å². The fourth-order valence-corrected chi connectivity index (χ4v) is 0.479. The van der Waals surface area contributed by atoms with E-state index in [1.54, 1.807) is 11.1 Å². The van der Waals surface area contributed by atoms with Gasteiger partial charge in [-0.3, -0.25) is 0 Å². The second-order valence-corrected chi connectivity index (χ2v) is 2.06. The molecule has 8 heavy (non-hydrogen) atoms. The van der Waals surface area contributed by atoms with Gasteiger partial charge in [-0.25, -0.2) is 0 Å². The minimum absolute atomic E-state index is 0.440. The predicted octanol–water partition coefficient (Wildman–Crippen LogP) is 1.28. The standard InChI is InChI=1S/C5H9ClN2/c1-8(2)4-5(6)3-7/h3-4,7H,1-2H3/b5-4+,7-3?. The molecule has 0 aliphatic carbocycles. The normalized spacial score (nSPS) is 11.1. The summed E-state index contributed by atoms with van der Waals surface area (Å²) in [6.45, 7) is 0. The van der Waals surface area contributed by atoms with Crippen molar-refractivity contribution in [3.63, 3.8) is 0 Å². The molecule has 46 valence electrons. The zero-order valence-electron chi connectivity index (χ0n) is 4.98. The molecule has 2 nitrogen and oxygen atoms in total. The van der Waals surface area contributed by atoms with Gasteiger partial charge in [0.15, 0.2) is 0 Å². The van der Waals surface area contributed by atoms with Crippen LogP contribution in [0.2, 0.25) is 0 Å². The van der Waals surface area contributed by atoms with Crippen molar-refractivity contribution in [3.05, 3.63) is 11.2 Å². The van der Waals surface area contributed by atoms with Gasteiger partial charge in [-0.15, -0.1) is 0 Å². The van der Waals surface area contributed by atoms with Gasteiger partial charge in [0.05, 0.1) is 5.03 Å². The highest BCUT2D eigenvalue weighted by Crippen LogP contribution is 1.95. The largest absolute Gasteiger partial charge is 0.382 e. The van der Waals surface area contributed by atoms with Gasteiger partial charge >= 0.3 is 0 Å². The Balaban J connectivity index is 3.74. The Morgan fingerprint density at radius 3 is 2.25 bits per heavy atom. The number of nitrogens with one attached hydrogen (secondary N) is 1. The summed E-state index contributed by atoms with van der Waals surface area (Å²) in [6.07, 6.45) is 2.76. The van der Waals surface area contributed by atoms with Crippen molar-refractivity contribution in [2.24, 2.45) is 0 Å². The van der Waals surface area contributed by atoms with E-state index < -0.39 is 0 Å². The smallest absolute Gasteiger partial charge is 0.0739 e. The first-order valence-corrected chi connectivity index (χ1v) is 2.59. The van der Waals surface area contributed by atoms with Gasteiger partial charge < -0.3 is 10.3 Å². The zero-order valence-corrected chi connectivity index (χ0v) is 5.74. The molecule has 0 amide bonds. The summed E-state index contributed by atoms with van der Waals surface area (Å²) >= 11 is 5.44. The molecule has 3 heteroatoms. The summed E-state index contributed by atoms with van der Waals surface area (Å²) in [5.74, 6) is 0. The Morgan fingerprint density at radius 2 is 2.12 bits per heavy atom. The fraction of sp³-hybridized carbons (Fsp3) is 0.400. The second-order valence-electron chi connectivity index (χ2n) is 1.62. The van der Waals surface area contributed by atoms with E-state index in [4.69, 9.17) is 17.0 Å². The lowest BCUT2D eigenvalue weighted by molar-refractivity contribution is 0.563. The van der Waals surface area contributed by atoms with Crippen molar-refractivity contribution in [2.45, 2.75) is 0 Å². The van der Waals surface area contributed by atoms with Crippen molar-refractivity contribution in [2.75, 3.05) is 14.1 Å². The van der Waals surface area contributed by atoms with Crippen LogP contribution in [0.3, 0.4) is 0 Å². The lowest BCUT2D eigenvalue weighted by atomic mass is 10.6. The van der Waals surface area contributed by atoms with Gasteiger partial charge in [-0.05, 0) is 0 Å². The van der Waals surface area contributed by atoms with Gasteiger partial charge in [0.25, 0.3) is 0 Å². The maximum Gasteiger partial charge on any atom is 0.0739 e. The molecule has 0 aliphatic heterocycles. The molecule has 0 bridgehead atoms. The molecule has 1 N–H and O–H groups in total. The molecular weight excluding hydrogens is 124 g/mol. The van der Waals surface area contributed by atoms with Crippen LogP contribution in [0.1, 0.15) is 0 Å². The summed E-state index contributed by atoms with van der Waals surface area (Å²) in [4.78, 5) is 1.79. The van der Waals surface area contributed by atoms with Gasteiger partial charge in [0.2, 0.25) is 0 Å². The average molecular weight is 133 g/mol. The van der Waals surface area contributed by atoms with Crippen molar-refractivity contribution >= 4 is 17.8 Å². The maximum absolute atomic E-state index is 6.65. The average Bonchev–Trinajstić information content (AvgIpc) is 1.65. The molecule has 0 aliphatic rings. The van der Waals surface area contributed by atoms with Crippen LogP contribution in [0.4, 0.5) is 0 Å². The van der Waals surface area contributed by atoms with Crippen LogP contribution >= 0.6 is 11.6 Å². The highest BCUT2D eigenvalue weighted by atomic mass is 35.5. The van der Waals surface area contributed by atoms with Crippen LogP contribution in [-0.4, -0.2) is 25.2 Å². The third-order valence-electron chi connectivity index (χ3n) is 0.519. The quantitative estimate of drug-likeness (QED) is 0.563. The minimum atomic E-state index is 0.440.